The van der Waals surface area contributed by atoms with Gasteiger partial charge in [0.1, 0.15) is 0 Å². The Morgan fingerprint density at radius 2 is 2.18 bits per heavy atom. The van der Waals surface area contributed by atoms with E-state index in [1.54, 1.807) is 0 Å². The zero-order valence-corrected chi connectivity index (χ0v) is 7.18. The normalized spacial score (nSPS) is 23.5. The SMILES string of the molecule is CC(N)COC1CCNCC1. The van der Waals surface area contributed by atoms with Crippen molar-refractivity contribution >= 4 is 0 Å². The van der Waals surface area contributed by atoms with Crippen LogP contribution in [0, 0.1) is 0 Å². The van der Waals surface area contributed by atoms with Crippen molar-refractivity contribution in [2.75, 3.05) is 19.7 Å². The molecule has 3 nitrogen and oxygen atoms in total. The van der Waals surface area contributed by atoms with Crippen LogP contribution < -0.4 is 11.1 Å². The second-order valence-electron chi connectivity index (χ2n) is 3.26. The lowest BCUT2D eigenvalue weighted by Gasteiger charge is -2.23. The molecule has 0 spiro atoms. The lowest BCUT2D eigenvalue weighted by Crippen LogP contribution is -2.35. The molecule has 11 heavy (non-hydrogen) atoms. The first-order chi connectivity index (χ1) is 5.29. The highest BCUT2D eigenvalue weighted by atomic mass is 16.5. The monoisotopic (exact) mass is 158 g/mol. The Kier molecular flexibility index (Phi) is 3.83. The molecule has 3 N–H and O–H groups in total. The molecule has 1 heterocycles. The summed E-state index contributed by atoms with van der Waals surface area (Å²) in [6.07, 6.45) is 2.71. The highest BCUT2D eigenvalue weighted by Gasteiger charge is 2.12. The van der Waals surface area contributed by atoms with Gasteiger partial charge in [0.15, 0.2) is 0 Å². The molecule has 1 atom stereocenters. The topological polar surface area (TPSA) is 47.3 Å². The summed E-state index contributed by atoms with van der Waals surface area (Å²) in [5, 5.41) is 3.29. The molecule has 0 saturated carbocycles. The molecule has 1 fully saturated rings. The fraction of sp³-hybridized carbons (Fsp3) is 1.00. The number of ether oxygens (including phenoxy) is 1. The van der Waals surface area contributed by atoms with Crippen LogP contribution in [0.3, 0.4) is 0 Å². The Bertz CT molecular complexity index is 100. The number of piperidine rings is 1. The molecule has 0 amide bonds. The average Bonchev–Trinajstić information content (AvgIpc) is 2.03. The van der Waals surface area contributed by atoms with Crippen molar-refractivity contribution in [3.8, 4) is 0 Å². The Balaban J connectivity index is 2.05. The largest absolute Gasteiger partial charge is 0.377 e. The molecular formula is C8H18N2O. The van der Waals surface area contributed by atoms with Crippen molar-refractivity contribution in [2.45, 2.75) is 31.9 Å². The number of nitrogens with two attached hydrogens (primary N) is 1. The average molecular weight is 158 g/mol. The first kappa shape index (κ1) is 8.97. The van der Waals surface area contributed by atoms with Gasteiger partial charge < -0.3 is 15.8 Å². The van der Waals surface area contributed by atoms with Crippen molar-refractivity contribution in [1.82, 2.24) is 5.32 Å². The van der Waals surface area contributed by atoms with Crippen LogP contribution in [-0.4, -0.2) is 31.8 Å². The van der Waals surface area contributed by atoms with Gasteiger partial charge in [0, 0.05) is 6.04 Å². The molecule has 1 aliphatic heterocycles. The van der Waals surface area contributed by atoms with Gasteiger partial charge in [-0.3, -0.25) is 0 Å². The molecule has 1 rings (SSSR count). The van der Waals surface area contributed by atoms with Gasteiger partial charge >= 0.3 is 0 Å². The summed E-state index contributed by atoms with van der Waals surface area (Å²) >= 11 is 0. The number of hydrogen-bond donors (Lipinski definition) is 2. The Labute approximate surface area is 68.3 Å². The van der Waals surface area contributed by atoms with Crippen LogP contribution in [0.25, 0.3) is 0 Å². The highest BCUT2D eigenvalue weighted by Crippen LogP contribution is 2.06. The van der Waals surface area contributed by atoms with Gasteiger partial charge in [0.05, 0.1) is 12.7 Å². The minimum absolute atomic E-state index is 0.171. The maximum atomic E-state index is 5.58. The lowest BCUT2D eigenvalue weighted by molar-refractivity contribution is 0.0273. The third-order valence-electron chi connectivity index (χ3n) is 1.88. The maximum absolute atomic E-state index is 5.58. The maximum Gasteiger partial charge on any atom is 0.0618 e. The number of hydrogen-bond acceptors (Lipinski definition) is 3. The predicted molar refractivity (Wildman–Crippen MR) is 45.5 cm³/mol. The fourth-order valence-electron chi connectivity index (χ4n) is 1.25. The van der Waals surface area contributed by atoms with Crippen LogP contribution in [-0.2, 0) is 4.74 Å². The molecule has 0 aromatic heterocycles. The summed E-state index contributed by atoms with van der Waals surface area (Å²) in [5.74, 6) is 0. The van der Waals surface area contributed by atoms with E-state index in [-0.39, 0.29) is 6.04 Å². The van der Waals surface area contributed by atoms with Crippen molar-refractivity contribution in [1.29, 1.82) is 0 Å². The third kappa shape index (κ3) is 3.70. The van der Waals surface area contributed by atoms with Gasteiger partial charge in [-0.25, -0.2) is 0 Å². The predicted octanol–water partition coefficient (Wildman–Crippen LogP) is 0.102. The molecule has 1 aliphatic rings. The summed E-state index contributed by atoms with van der Waals surface area (Å²) in [6.45, 7) is 4.85. The van der Waals surface area contributed by atoms with E-state index >= 15 is 0 Å². The van der Waals surface area contributed by atoms with Crippen LogP contribution in [0.1, 0.15) is 19.8 Å². The van der Waals surface area contributed by atoms with Gasteiger partial charge in [-0.05, 0) is 32.9 Å². The van der Waals surface area contributed by atoms with E-state index in [1.807, 2.05) is 6.92 Å². The van der Waals surface area contributed by atoms with E-state index in [4.69, 9.17) is 10.5 Å². The zero-order valence-electron chi connectivity index (χ0n) is 7.18. The van der Waals surface area contributed by atoms with Crippen LogP contribution in [0.2, 0.25) is 0 Å². The van der Waals surface area contributed by atoms with E-state index in [2.05, 4.69) is 5.32 Å². The molecule has 3 heteroatoms. The van der Waals surface area contributed by atoms with Gasteiger partial charge in [-0.2, -0.15) is 0 Å². The summed E-state index contributed by atoms with van der Waals surface area (Å²) in [6, 6.07) is 0.171. The molecule has 66 valence electrons. The van der Waals surface area contributed by atoms with Crippen LogP contribution in [0.4, 0.5) is 0 Å². The van der Waals surface area contributed by atoms with Crippen molar-refractivity contribution in [3.63, 3.8) is 0 Å². The van der Waals surface area contributed by atoms with Crippen LogP contribution in [0.5, 0.6) is 0 Å². The molecular weight excluding hydrogens is 140 g/mol. The molecule has 0 bridgehead atoms. The van der Waals surface area contributed by atoms with Gasteiger partial charge in [-0.15, -0.1) is 0 Å². The first-order valence-corrected chi connectivity index (χ1v) is 4.37. The van der Waals surface area contributed by atoms with Crippen molar-refractivity contribution in [2.24, 2.45) is 5.73 Å². The quantitative estimate of drug-likeness (QED) is 0.612. The molecule has 0 radical (unpaired) electrons. The second kappa shape index (κ2) is 4.70. The second-order valence-corrected chi connectivity index (χ2v) is 3.26. The summed E-state index contributed by atoms with van der Waals surface area (Å²) in [7, 11) is 0. The molecule has 0 aromatic rings. The third-order valence-corrected chi connectivity index (χ3v) is 1.88. The Morgan fingerprint density at radius 3 is 2.73 bits per heavy atom. The van der Waals surface area contributed by atoms with Gasteiger partial charge in [0.2, 0.25) is 0 Å². The van der Waals surface area contributed by atoms with E-state index in [0.717, 1.165) is 25.9 Å². The summed E-state index contributed by atoms with van der Waals surface area (Å²) < 4.78 is 5.58. The number of rotatable bonds is 3. The lowest BCUT2D eigenvalue weighted by atomic mass is 10.1. The van der Waals surface area contributed by atoms with Gasteiger partial charge in [0.25, 0.3) is 0 Å². The first-order valence-electron chi connectivity index (χ1n) is 4.37. The van der Waals surface area contributed by atoms with Crippen LogP contribution >= 0.6 is 0 Å². The molecule has 0 aromatic carbocycles. The van der Waals surface area contributed by atoms with E-state index in [1.165, 1.54) is 0 Å². The molecule has 0 aliphatic carbocycles. The van der Waals surface area contributed by atoms with E-state index < -0.39 is 0 Å². The molecule has 1 saturated heterocycles. The molecule has 1 unspecified atom stereocenters. The Hall–Kier alpha value is -0.120. The standard InChI is InChI=1S/C8H18N2O/c1-7(9)6-11-8-2-4-10-5-3-8/h7-8,10H,2-6,9H2,1H3. The number of nitrogens with one attached hydrogen (secondary N) is 1. The summed E-state index contributed by atoms with van der Waals surface area (Å²) in [4.78, 5) is 0. The van der Waals surface area contributed by atoms with Crippen molar-refractivity contribution < 1.29 is 4.74 Å². The van der Waals surface area contributed by atoms with E-state index in [9.17, 15) is 0 Å². The van der Waals surface area contributed by atoms with Gasteiger partial charge in [-0.1, -0.05) is 0 Å². The smallest absolute Gasteiger partial charge is 0.0618 e. The minimum atomic E-state index is 0.171. The van der Waals surface area contributed by atoms with E-state index in [0.29, 0.717) is 12.7 Å². The minimum Gasteiger partial charge on any atom is -0.377 e. The van der Waals surface area contributed by atoms with Crippen molar-refractivity contribution in [3.05, 3.63) is 0 Å². The zero-order chi connectivity index (χ0) is 8.10. The Morgan fingerprint density at radius 1 is 1.55 bits per heavy atom. The highest BCUT2D eigenvalue weighted by molar-refractivity contribution is 4.68. The van der Waals surface area contributed by atoms with Crippen LogP contribution in [0.15, 0.2) is 0 Å². The fourth-order valence-corrected chi connectivity index (χ4v) is 1.25. The summed E-state index contributed by atoms with van der Waals surface area (Å²) in [5.41, 5.74) is 5.57.